The van der Waals surface area contributed by atoms with Gasteiger partial charge in [0.2, 0.25) is 19.7 Å². The van der Waals surface area contributed by atoms with E-state index in [4.69, 9.17) is 0 Å². The zero-order chi connectivity index (χ0) is 25.0. The van der Waals surface area contributed by atoms with Crippen LogP contribution in [0.3, 0.4) is 0 Å². The predicted molar refractivity (Wildman–Crippen MR) is 76.6 cm³/mol. The Labute approximate surface area is 165 Å². The van der Waals surface area contributed by atoms with Crippen LogP contribution in [0.5, 0.6) is 0 Å². The second kappa shape index (κ2) is 7.39. The number of halogens is 9. The maximum Gasteiger partial charge on any atom is 0.501 e. The molecule has 1 aromatic carbocycles. The molecular formula is C10H3F9NO8S3-. The second-order valence-electron chi connectivity index (χ2n) is 5.10. The Kier molecular flexibility index (Phi) is 6.38. The Hall–Kier alpha value is -2.29. The lowest BCUT2D eigenvalue weighted by Crippen LogP contribution is -2.30. The van der Waals surface area contributed by atoms with E-state index in [-0.39, 0.29) is 0 Å². The number of sulfone groups is 3. The first-order valence-electron chi connectivity index (χ1n) is 6.49. The Bertz CT molecular complexity index is 1160. The van der Waals surface area contributed by atoms with Gasteiger partial charge in [0.15, 0.2) is 0 Å². The molecule has 178 valence electrons. The highest BCUT2D eigenvalue weighted by molar-refractivity contribution is 7.94. The van der Waals surface area contributed by atoms with Gasteiger partial charge < -0.3 is 0 Å². The molecule has 0 N–H and O–H groups in total. The fourth-order valence-electron chi connectivity index (χ4n) is 1.79. The summed E-state index contributed by atoms with van der Waals surface area (Å²) < 4.78 is 184. The monoisotopic (exact) mass is 532 g/mol. The van der Waals surface area contributed by atoms with Gasteiger partial charge in [0, 0.05) is 0 Å². The number of nitro groups is 1. The maximum absolute atomic E-state index is 12.8. The number of rotatable bonds is 5. The van der Waals surface area contributed by atoms with Crippen molar-refractivity contribution >= 4 is 29.5 Å². The van der Waals surface area contributed by atoms with E-state index in [2.05, 4.69) is 0 Å². The van der Waals surface area contributed by atoms with Gasteiger partial charge in [0.25, 0.3) is 9.84 Å². The van der Waals surface area contributed by atoms with Crippen LogP contribution < -0.4 is 0 Å². The summed E-state index contributed by atoms with van der Waals surface area (Å²) >= 11 is 0. The van der Waals surface area contributed by atoms with Crippen molar-refractivity contribution in [2.45, 2.75) is 31.2 Å². The molecular weight excluding hydrogens is 529 g/mol. The van der Waals surface area contributed by atoms with Crippen molar-refractivity contribution < 1.29 is 69.7 Å². The van der Waals surface area contributed by atoms with Gasteiger partial charge in [0.1, 0.15) is 6.54 Å². The van der Waals surface area contributed by atoms with Crippen LogP contribution in [0.2, 0.25) is 0 Å². The van der Waals surface area contributed by atoms with Gasteiger partial charge in [-0.3, -0.25) is 10.1 Å². The Morgan fingerprint density at radius 3 is 1.19 bits per heavy atom. The summed E-state index contributed by atoms with van der Waals surface area (Å²) in [4.78, 5) is 0.302. The van der Waals surface area contributed by atoms with E-state index in [1.165, 1.54) is 0 Å². The highest BCUT2D eigenvalue weighted by atomic mass is 32.2. The predicted octanol–water partition coefficient (Wildman–Crippen LogP) is 2.35. The average Bonchev–Trinajstić information content (AvgIpc) is 2.50. The standard InChI is InChI=1S/C10H3F9NO8S3/c11-8(12,13)29(23,24)4-1-6(30(25,26)9(14,15)16)5(3-20(21)22)7(2-4)31(27,28)10(17,18)19/h1-3H/q-1. The van der Waals surface area contributed by atoms with Gasteiger partial charge in [-0.15, -0.1) is 0 Å². The Morgan fingerprint density at radius 2 is 0.968 bits per heavy atom. The second-order valence-corrected chi connectivity index (χ2v) is 10.9. The van der Waals surface area contributed by atoms with Crippen molar-refractivity contribution in [3.05, 3.63) is 34.4 Å². The van der Waals surface area contributed by atoms with Crippen molar-refractivity contribution in [3.63, 3.8) is 0 Å². The molecule has 0 spiro atoms. The zero-order valence-electron chi connectivity index (χ0n) is 13.6. The highest BCUT2D eigenvalue weighted by Gasteiger charge is 2.52. The number of hydrogen-bond donors (Lipinski definition) is 0. The van der Waals surface area contributed by atoms with Crippen LogP contribution in [-0.4, -0.2) is 46.7 Å². The lowest BCUT2D eigenvalue weighted by molar-refractivity contribution is -0.430. The molecule has 0 amide bonds. The third-order valence-electron chi connectivity index (χ3n) is 3.12. The van der Waals surface area contributed by atoms with Crippen LogP contribution in [0.25, 0.3) is 0 Å². The van der Waals surface area contributed by atoms with Gasteiger partial charge in [-0.05, 0) is 14.7 Å². The Balaban J connectivity index is 4.45. The molecule has 31 heavy (non-hydrogen) atoms. The summed E-state index contributed by atoms with van der Waals surface area (Å²) in [5.41, 5.74) is -22.0. The number of nitrogens with zero attached hydrogens (tertiary/aromatic N) is 1. The highest BCUT2D eigenvalue weighted by Crippen LogP contribution is 2.42. The molecule has 0 radical (unpaired) electrons. The number of hydrogen-bond acceptors (Lipinski definition) is 8. The van der Waals surface area contributed by atoms with Crippen molar-refractivity contribution in [1.29, 1.82) is 0 Å². The molecule has 0 unspecified atom stereocenters. The van der Waals surface area contributed by atoms with Gasteiger partial charge in [0.05, 0.1) is 4.90 Å². The first-order chi connectivity index (χ1) is 13.4. The summed E-state index contributed by atoms with van der Waals surface area (Å²) in [5, 5.41) is 10.6. The molecule has 0 aliphatic heterocycles. The van der Waals surface area contributed by atoms with E-state index in [0.717, 1.165) is 0 Å². The van der Waals surface area contributed by atoms with Gasteiger partial charge in [-0.1, -0.05) is 17.7 Å². The van der Waals surface area contributed by atoms with Crippen LogP contribution in [0.15, 0.2) is 26.8 Å². The smallest absolute Gasteiger partial charge is 0.271 e. The number of alkyl halides is 9. The molecule has 0 fully saturated rings. The third-order valence-corrected chi connectivity index (χ3v) is 7.63. The minimum atomic E-state index is -7.11. The van der Waals surface area contributed by atoms with E-state index in [0.29, 0.717) is 0 Å². The number of benzene rings is 1. The molecule has 0 aromatic heterocycles. The summed E-state index contributed by atoms with van der Waals surface area (Å²) in [7, 11) is -21.1. The van der Waals surface area contributed by atoms with Crippen LogP contribution in [-0.2, 0) is 29.5 Å². The topological polar surface area (TPSA) is 146 Å². The summed E-state index contributed by atoms with van der Waals surface area (Å²) in [6.07, 6.45) is 0. The summed E-state index contributed by atoms with van der Waals surface area (Å²) in [5.74, 6) is 0. The van der Waals surface area contributed by atoms with E-state index < -0.39 is 89.9 Å². The molecule has 0 aliphatic carbocycles. The summed E-state index contributed by atoms with van der Waals surface area (Å²) in [6, 6.07) is -1.98. The van der Waals surface area contributed by atoms with Crippen molar-refractivity contribution in [1.82, 2.24) is 0 Å². The largest absolute Gasteiger partial charge is 0.501 e. The van der Waals surface area contributed by atoms with E-state index in [1.807, 2.05) is 0 Å². The van der Waals surface area contributed by atoms with Crippen molar-refractivity contribution in [3.8, 4) is 0 Å². The molecule has 0 heterocycles. The van der Waals surface area contributed by atoms with E-state index >= 15 is 0 Å². The molecule has 1 aromatic rings. The zero-order valence-corrected chi connectivity index (χ0v) is 16.0. The first kappa shape index (κ1) is 26.7. The van der Waals surface area contributed by atoms with Crippen LogP contribution in [0.1, 0.15) is 5.56 Å². The fraction of sp³-hybridized carbons (Fsp3) is 0.300. The molecule has 0 saturated carbocycles. The molecule has 0 saturated heterocycles. The average molecular weight is 532 g/mol. The molecule has 1 rings (SSSR count). The first-order valence-corrected chi connectivity index (χ1v) is 10.9. The van der Waals surface area contributed by atoms with Crippen molar-refractivity contribution in [2.75, 3.05) is 0 Å². The maximum atomic E-state index is 12.8. The lowest BCUT2D eigenvalue weighted by atomic mass is 10.2. The van der Waals surface area contributed by atoms with Crippen LogP contribution in [0, 0.1) is 16.7 Å². The Morgan fingerprint density at radius 1 is 0.677 bits per heavy atom. The summed E-state index contributed by atoms with van der Waals surface area (Å²) in [6.45, 7) is -0.985. The van der Waals surface area contributed by atoms with Crippen molar-refractivity contribution in [2.24, 2.45) is 0 Å². The normalized spacial score (nSPS) is 14.4. The van der Waals surface area contributed by atoms with Crippen LogP contribution >= 0.6 is 0 Å². The van der Waals surface area contributed by atoms with E-state index in [9.17, 15) is 74.9 Å². The molecule has 0 bridgehead atoms. The quantitative estimate of drug-likeness (QED) is 0.243. The SMILES string of the molecule is O=[N+]([O-])[CH-]c1c(S(=O)(=O)C(F)(F)F)cc(S(=O)(=O)C(F)(F)F)cc1S(=O)(=O)C(F)(F)F. The van der Waals surface area contributed by atoms with E-state index in [1.54, 1.807) is 0 Å². The third kappa shape index (κ3) is 4.66. The molecule has 0 aliphatic rings. The van der Waals surface area contributed by atoms with Gasteiger partial charge >= 0.3 is 16.5 Å². The molecule has 0 atom stereocenters. The lowest BCUT2D eigenvalue weighted by Gasteiger charge is -2.24. The minimum Gasteiger partial charge on any atom is -0.271 e. The molecule has 21 heteroatoms. The van der Waals surface area contributed by atoms with Gasteiger partial charge in [-0.2, -0.15) is 39.5 Å². The van der Waals surface area contributed by atoms with Crippen LogP contribution in [0.4, 0.5) is 39.5 Å². The minimum absolute atomic E-state index is 0.985. The molecule has 9 nitrogen and oxygen atoms in total. The fourth-order valence-corrected chi connectivity index (χ4v) is 4.79. The van der Waals surface area contributed by atoms with Gasteiger partial charge in [-0.25, -0.2) is 25.3 Å².